The Bertz CT molecular complexity index is 192. The maximum Gasteiger partial charge on any atom is 0.303 e. The Labute approximate surface area is 65.7 Å². The standard InChI is InChI=1S/C8H12O3/c1-3-7(6(2)9)4-5-8(10)11/h3H,4-5H2,1-2H3,(H,10,11). The van der Waals surface area contributed by atoms with Crippen molar-refractivity contribution in [3.8, 4) is 0 Å². The van der Waals surface area contributed by atoms with Crippen LogP contribution in [0.1, 0.15) is 26.7 Å². The van der Waals surface area contributed by atoms with Crippen LogP contribution in [0, 0.1) is 0 Å². The van der Waals surface area contributed by atoms with Gasteiger partial charge in [-0.25, -0.2) is 0 Å². The molecule has 0 atom stereocenters. The van der Waals surface area contributed by atoms with Gasteiger partial charge in [0.15, 0.2) is 5.78 Å². The molecule has 0 radical (unpaired) electrons. The van der Waals surface area contributed by atoms with Crippen LogP contribution in [0.5, 0.6) is 0 Å². The molecule has 11 heavy (non-hydrogen) atoms. The lowest BCUT2D eigenvalue weighted by molar-refractivity contribution is -0.136. The smallest absolute Gasteiger partial charge is 0.303 e. The number of carboxylic acid groups (broad SMARTS) is 1. The van der Waals surface area contributed by atoms with Crippen LogP contribution in [0.25, 0.3) is 0 Å². The highest BCUT2D eigenvalue weighted by atomic mass is 16.4. The number of allylic oxidation sites excluding steroid dienone is 2. The summed E-state index contributed by atoms with van der Waals surface area (Å²) in [6.45, 7) is 3.18. The second-order valence-electron chi connectivity index (χ2n) is 2.26. The number of aliphatic carboxylic acids is 1. The summed E-state index contributed by atoms with van der Waals surface area (Å²) in [4.78, 5) is 20.8. The molecule has 0 rings (SSSR count). The van der Waals surface area contributed by atoms with Crippen LogP contribution in [0.2, 0.25) is 0 Å². The van der Waals surface area contributed by atoms with Crippen molar-refractivity contribution in [3.63, 3.8) is 0 Å². The van der Waals surface area contributed by atoms with Gasteiger partial charge in [-0.2, -0.15) is 0 Å². The molecule has 0 aromatic carbocycles. The van der Waals surface area contributed by atoms with Crippen LogP contribution >= 0.6 is 0 Å². The zero-order chi connectivity index (χ0) is 8.85. The van der Waals surface area contributed by atoms with Gasteiger partial charge in [0.2, 0.25) is 0 Å². The molecule has 0 fully saturated rings. The van der Waals surface area contributed by atoms with Gasteiger partial charge in [-0.05, 0) is 25.8 Å². The fourth-order valence-corrected chi connectivity index (χ4v) is 0.765. The molecule has 0 aliphatic rings. The number of rotatable bonds is 4. The molecule has 3 heteroatoms. The maximum atomic E-state index is 10.7. The third kappa shape index (κ3) is 4.31. The number of carbonyl (C=O) groups excluding carboxylic acids is 1. The molecule has 0 heterocycles. The van der Waals surface area contributed by atoms with Crippen LogP contribution in [-0.2, 0) is 9.59 Å². The minimum Gasteiger partial charge on any atom is -0.481 e. The van der Waals surface area contributed by atoms with E-state index in [1.54, 1.807) is 13.0 Å². The van der Waals surface area contributed by atoms with Crippen molar-refractivity contribution in [1.29, 1.82) is 0 Å². The number of carboxylic acids is 1. The van der Waals surface area contributed by atoms with Gasteiger partial charge in [0, 0.05) is 6.42 Å². The quantitative estimate of drug-likeness (QED) is 0.626. The number of hydrogen-bond donors (Lipinski definition) is 1. The molecule has 62 valence electrons. The van der Waals surface area contributed by atoms with Crippen molar-refractivity contribution >= 4 is 11.8 Å². The van der Waals surface area contributed by atoms with Gasteiger partial charge in [0.1, 0.15) is 0 Å². The summed E-state index contributed by atoms with van der Waals surface area (Å²) >= 11 is 0. The zero-order valence-corrected chi connectivity index (χ0v) is 6.76. The van der Waals surface area contributed by atoms with Gasteiger partial charge in [-0.1, -0.05) is 6.08 Å². The first kappa shape index (κ1) is 9.88. The van der Waals surface area contributed by atoms with Crippen LogP contribution in [-0.4, -0.2) is 16.9 Å². The molecule has 0 bridgehead atoms. The van der Waals surface area contributed by atoms with E-state index in [0.717, 1.165) is 0 Å². The fraction of sp³-hybridized carbons (Fsp3) is 0.500. The molecule has 0 unspecified atom stereocenters. The Hall–Kier alpha value is -1.12. The minimum atomic E-state index is -0.870. The SMILES string of the molecule is CC=C(CCC(=O)O)C(C)=O. The van der Waals surface area contributed by atoms with E-state index in [9.17, 15) is 9.59 Å². The lowest BCUT2D eigenvalue weighted by Gasteiger charge is -1.98. The molecule has 0 aromatic heterocycles. The first-order valence-corrected chi connectivity index (χ1v) is 3.45. The summed E-state index contributed by atoms with van der Waals surface area (Å²) in [6.07, 6.45) is 2.02. The van der Waals surface area contributed by atoms with E-state index in [0.29, 0.717) is 12.0 Å². The van der Waals surface area contributed by atoms with Gasteiger partial charge in [0.25, 0.3) is 0 Å². The van der Waals surface area contributed by atoms with Crippen LogP contribution in [0.4, 0.5) is 0 Å². The molecule has 0 amide bonds. The Morgan fingerprint density at radius 3 is 2.18 bits per heavy atom. The van der Waals surface area contributed by atoms with E-state index in [1.807, 2.05) is 0 Å². The Morgan fingerprint density at radius 2 is 1.91 bits per heavy atom. The lowest BCUT2D eigenvalue weighted by atomic mass is 10.1. The summed E-state index contributed by atoms with van der Waals surface area (Å²) in [5.74, 6) is -0.917. The van der Waals surface area contributed by atoms with Crippen LogP contribution in [0.3, 0.4) is 0 Å². The van der Waals surface area contributed by atoms with Crippen molar-refractivity contribution in [2.75, 3.05) is 0 Å². The van der Waals surface area contributed by atoms with E-state index in [-0.39, 0.29) is 12.2 Å². The topological polar surface area (TPSA) is 54.4 Å². The average Bonchev–Trinajstić information content (AvgIpc) is 1.87. The summed E-state index contributed by atoms with van der Waals surface area (Å²) in [6, 6.07) is 0. The monoisotopic (exact) mass is 156 g/mol. The number of carbonyl (C=O) groups is 2. The predicted molar refractivity (Wildman–Crippen MR) is 41.3 cm³/mol. The number of ketones is 1. The van der Waals surface area contributed by atoms with Crippen molar-refractivity contribution in [1.82, 2.24) is 0 Å². The second-order valence-corrected chi connectivity index (χ2v) is 2.26. The normalized spacial score (nSPS) is 11.3. The Balaban J connectivity index is 3.92. The molecule has 3 nitrogen and oxygen atoms in total. The third-order valence-electron chi connectivity index (χ3n) is 1.41. The first-order valence-electron chi connectivity index (χ1n) is 3.45. The second kappa shape index (κ2) is 4.66. The molecule has 0 spiro atoms. The third-order valence-corrected chi connectivity index (χ3v) is 1.41. The molecule has 0 saturated carbocycles. The van der Waals surface area contributed by atoms with Crippen LogP contribution in [0.15, 0.2) is 11.6 Å². The molecule has 1 N–H and O–H groups in total. The fourth-order valence-electron chi connectivity index (χ4n) is 0.765. The number of Topliss-reactive ketones (excluding diaryl/α,β-unsaturated/α-hetero) is 1. The van der Waals surface area contributed by atoms with E-state index in [2.05, 4.69) is 0 Å². The van der Waals surface area contributed by atoms with E-state index in [1.165, 1.54) is 6.92 Å². The first-order chi connectivity index (χ1) is 5.07. The molecule has 0 aromatic rings. The average molecular weight is 156 g/mol. The molecule has 0 aliphatic carbocycles. The highest BCUT2D eigenvalue weighted by molar-refractivity contribution is 5.93. The largest absolute Gasteiger partial charge is 0.481 e. The van der Waals surface area contributed by atoms with Crippen molar-refractivity contribution in [2.24, 2.45) is 0 Å². The summed E-state index contributed by atoms with van der Waals surface area (Å²) < 4.78 is 0. The van der Waals surface area contributed by atoms with Gasteiger partial charge >= 0.3 is 5.97 Å². The Kier molecular flexibility index (Phi) is 4.18. The van der Waals surface area contributed by atoms with Gasteiger partial charge in [0.05, 0.1) is 0 Å². The van der Waals surface area contributed by atoms with E-state index < -0.39 is 5.97 Å². The minimum absolute atomic E-state index is 0.0270. The Morgan fingerprint density at radius 1 is 1.36 bits per heavy atom. The maximum absolute atomic E-state index is 10.7. The van der Waals surface area contributed by atoms with Gasteiger partial charge in [-0.15, -0.1) is 0 Å². The van der Waals surface area contributed by atoms with Crippen molar-refractivity contribution in [2.45, 2.75) is 26.7 Å². The summed E-state index contributed by atoms with van der Waals surface area (Å²) in [7, 11) is 0. The molecule has 0 aliphatic heterocycles. The van der Waals surface area contributed by atoms with E-state index >= 15 is 0 Å². The zero-order valence-electron chi connectivity index (χ0n) is 6.76. The molecular weight excluding hydrogens is 144 g/mol. The summed E-state index contributed by atoms with van der Waals surface area (Å²) in [5.41, 5.74) is 0.590. The van der Waals surface area contributed by atoms with Crippen molar-refractivity contribution < 1.29 is 14.7 Å². The van der Waals surface area contributed by atoms with Crippen molar-refractivity contribution in [3.05, 3.63) is 11.6 Å². The summed E-state index contributed by atoms with van der Waals surface area (Å²) in [5, 5.41) is 8.30. The number of hydrogen-bond acceptors (Lipinski definition) is 2. The van der Waals surface area contributed by atoms with Crippen LogP contribution < -0.4 is 0 Å². The highest BCUT2D eigenvalue weighted by Gasteiger charge is 2.04. The highest BCUT2D eigenvalue weighted by Crippen LogP contribution is 2.05. The molecule has 0 saturated heterocycles. The predicted octanol–water partition coefficient (Wildman–Crippen LogP) is 1.39. The van der Waals surface area contributed by atoms with E-state index in [4.69, 9.17) is 5.11 Å². The van der Waals surface area contributed by atoms with Gasteiger partial charge in [-0.3, -0.25) is 9.59 Å². The molecular formula is C8H12O3. The van der Waals surface area contributed by atoms with Gasteiger partial charge < -0.3 is 5.11 Å². The lowest BCUT2D eigenvalue weighted by Crippen LogP contribution is -2.01.